The molecule has 0 amide bonds. The maximum absolute atomic E-state index is 11.5. The molecule has 5 heteroatoms. The third kappa shape index (κ3) is 3.24. The van der Waals surface area contributed by atoms with Crippen LogP contribution in [0.15, 0.2) is 42.7 Å². The highest BCUT2D eigenvalue weighted by Crippen LogP contribution is 2.21. The summed E-state index contributed by atoms with van der Waals surface area (Å²) in [5, 5.41) is 13.7. The second kappa shape index (κ2) is 6.34. The van der Waals surface area contributed by atoms with Crippen molar-refractivity contribution in [1.82, 2.24) is 14.7 Å². The molecule has 2 rings (SSSR count). The smallest absolute Gasteiger partial charge is 0.325 e. The summed E-state index contributed by atoms with van der Waals surface area (Å²) in [6, 6.07) is 8.62. The van der Waals surface area contributed by atoms with E-state index in [1.165, 1.54) is 0 Å². The maximum atomic E-state index is 11.5. The van der Waals surface area contributed by atoms with Crippen molar-refractivity contribution in [3.63, 3.8) is 0 Å². The third-order valence-electron chi connectivity index (χ3n) is 3.23. The molecule has 0 saturated heterocycles. The Kier molecular flexibility index (Phi) is 4.53. The van der Waals surface area contributed by atoms with E-state index < -0.39 is 12.0 Å². The van der Waals surface area contributed by atoms with Crippen LogP contribution in [0.5, 0.6) is 0 Å². The number of nitrogens with zero attached hydrogens (tertiary/aromatic N) is 3. The molecule has 0 aliphatic rings. The number of aryl methyl sites for hydroxylation is 1. The quantitative estimate of drug-likeness (QED) is 0.876. The molecule has 1 unspecified atom stereocenters. The van der Waals surface area contributed by atoms with Crippen molar-refractivity contribution < 1.29 is 9.90 Å². The SMILES string of the molecule is CCn1cc(CN(C)C(C(=O)O)c2ccccc2)cn1. The van der Waals surface area contributed by atoms with Gasteiger partial charge in [0.15, 0.2) is 0 Å². The van der Waals surface area contributed by atoms with Crippen molar-refractivity contribution in [2.75, 3.05) is 7.05 Å². The fourth-order valence-corrected chi connectivity index (χ4v) is 2.26. The number of hydrogen-bond acceptors (Lipinski definition) is 3. The molecule has 2 aromatic rings. The van der Waals surface area contributed by atoms with Gasteiger partial charge in [0.25, 0.3) is 0 Å². The number of aromatic nitrogens is 2. The van der Waals surface area contributed by atoms with Crippen molar-refractivity contribution in [2.45, 2.75) is 26.1 Å². The Labute approximate surface area is 118 Å². The van der Waals surface area contributed by atoms with Crippen LogP contribution in [0.25, 0.3) is 0 Å². The maximum Gasteiger partial charge on any atom is 0.325 e. The lowest BCUT2D eigenvalue weighted by atomic mass is 10.1. The second-order valence-corrected chi connectivity index (χ2v) is 4.77. The van der Waals surface area contributed by atoms with Crippen LogP contribution in [0.1, 0.15) is 24.1 Å². The van der Waals surface area contributed by atoms with Crippen LogP contribution in [0.2, 0.25) is 0 Å². The van der Waals surface area contributed by atoms with E-state index in [1.807, 2.05) is 60.1 Å². The number of carboxylic acid groups (broad SMARTS) is 1. The summed E-state index contributed by atoms with van der Waals surface area (Å²) in [5.74, 6) is -0.846. The van der Waals surface area contributed by atoms with Gasteiger partial charge in [-0.25, -0.2) is 0 Å². The van der Waals surface area contributed by atoms with Crippen LogP contribution in [-0.2, 0) is 17.9 Å². The number of hydrogen-bond donors (Lipinski definition) is 1. The molecule has 0 fully saturated rings. The average Bonchev–Trinajstić information content (AvgIpc) is 2.87. The molecule has 106 valence electrons. The normalized spacial score (nSPS) is 12.6. The summed E-state index contributed by atoms with van der Waals surface area (Å²) in [6.07, 6.45) is 3.73. The van der Waals surface area contributed by atoms with Gasteiger partial charge in [-0.3, -0.25) is 14.4 Å². The molecule has 0 radical (unpaired) electrons. The standard InChI is InChI=1S/C15H19N3O2/c1-3-18-11-12(9-16-18)10-17(2)14(15(19)20)13-7-5-4-6-8-13/h4-9,11,14H,3,10H2,1-2H3,(H,19,20). The molecule has 0 saturated carbocycles. The van der Waals surface area contributed by atoms with E-state index in [0.717, 1.165) is 17.7 Å². The van der Waals surface area contributed by atoms with E-state index in [2.05, 4.69) is 5.10 Å². The average molecular weight is 273 g/mol. The van der Waals surface area contributed by atoms with E-state index in [9.17, 15) is 9.90 Å². The minimum Gasteiger partial charge on any atom is -0.480 e. The minimum absolute atomic E-state index is 0.547. The topological polar surface area (TPSA) is 58.4 Å². The zero-order chi connectivity index (χ0) is 14.5. The molecule has 1 atom stereocenters. The fourth-order valence-electron chi connectivity index (χ4n) is 2.26. The van der Waals surface area contributed by atoms with E-state index >= 15 is 0 Å². The highest BCUT2D eigenvalue weighted by atomic mass is 16.4. The van der Waals surface area contributed by atoms with Gasteiger partial charge in [0, 0.05) is 24.8 Å². The van der Waals surface area contributed by atoms with Gasteiger partial charge < -0.3 is 5.11 Å². The Morgan fingerprint density at radius 1 is 1.40 bits per heavy atom. The molecule has 0 spiro atoms. The first-order chi connectivity index (χ1) is 9.61. The molecule has 5 nitrogen and oxygen atoms in total. The zero-order valence-corrected chi connectivity index (χ0v) is 11.7. The van der Waals surface area contributed by atoms with Crippen molar-refractivity contribution >= 4 is 5.97 Å². The molecule has 0 aliphatic carbocycles. The highest BCUT2D eigenvalue weighted by Gasteiger charge is 2.24. The summed E-state index contributed by atoms with van der Waals surface area (Å²) in [7, 11) is 1.81. The predicted octanol–water partition coefficient (Wildman–Crippen LogP) is 2.16. The van der Waals surface area contributed by atoms with Crippen LogP contribution in [0, 0.1) is 0 Å². The van der Waals surface area contributed by atoms with Gasteiger partial charge in [-0.1, -0.05) is 30.3 Å². The summed E-state index contributed by atoms with van der Waals surface area (Å²) >= 11 is 0. The highest BCUT2D eigenvalue weighted by molar-refractivity contribution is 5.75. The van der Waals surface area contributed by atoms with Crippen LogP contribution >= 0.6 is 0 Å². The lowest BCUT2D eigenvalue weighted by Crippen LogP contribution is -2.30. The van der Waals surface area contributed by atoms with Crippen LogP contribution in [0.3, 0.4) is 0 Å². The van der Waals surface area contributed by atoms with Crippen molar-refractivity contribution in [3.05, 3.63) is 53.9 Å². The van der Waals surface area contributed by atoms with E-state index in [4.69, 9.17) is 0 Å². The van der Waals surface area contributed by atoms with E-state index in [-0.39, 0.29) is 0 Å². The first kappa shape index (κ1) is 14.3. The van der Waals surface area contributed by atoms with Gasteiger partial charge in [0.2, 0.25) is 0 Å². The largest absolute Gasteiger partial charge is 0.480 e. The molecule has 0 bridgehead atoms. The predicted molar refractivity (Wildman–Crippen MR) is 76.2 cm³/mol. The minimum atomic E-state index is -0.846. The summed E-state index contributed by atoms with van der Waals surface area (Å²) in [4.78, 5) is 13.3. The number of rotatable bonds is 6. The van der Waals surface area contributed by atoms with Crippen molar-refractivity contribution in [2.24, 2.45) is 0 Å². The second-order valence-electron chi connectivity index (χ2n) is 4.77. The molecule has 20 heavy (non-hydrogen) atoms. The van der Waals surface area contributed by atoms with Gasteiger partial charge >= 0.3 is 5.97 Å². The van der Waals surface area contributed by atoms with Gasteiger partial charge in [0.05, 0.1) is 6.20 Å². The summed E-state index contributed by atoms with van der Waals surface area (Å²) in [6.45, 7) is 3.38. The van der Waals surface area contributed by atoms with E-state index in [0.29, 0.717) is 6.54 Å². The number of aliphatic carboxylic acids is 1. The monoisotopic (exact) mass is 273 g/mol. The fraction of sp³-hybridized carbons (Fsp3) is 0.333. The lowest BCUT2D eigenvalue weighted by Gasteiger charge is -2.24. The lowest BCUT2D eigenvalue weighted by molar-refractivity contribution is -0.143. The Bertz CT molecular complexity index is 566. The third-order valence-corrected chi connectivity index (χ3v) is 3.23. The Morgan fingerprint density at radius 3 is 2.65 bits per heavy atom. The van der Waals surface area contributed by atoms with Gasteiger partial charge in [-0.2, -0.15) is 5.10 Å². The summed E-state index contributed by atoms with van der Waals surface area (Å²) in [5.41, 5.74) is 1.79. The molecule has 1 aromatic heterocycles. The molecular formula is C15H19N3O2. The number of carbonyl (C=O) groups is 1. The molecule has 0 aliphatic heterocycles. The molecule has 1 heterocycles. The number of likely N-dealkylation sites (N-methyl/N-ethyl adjacent to an activating group) is 1. The van der Waals surface area contributed by atoms with Crippen LogP contribution in [-0.4, -0.2) is 32.8 Å². The van der Waals surface area contributed by atoms with Gasteiger partial charge in [0.1, 0.15) is 6.04 Å². The van der Waals surface area contributed by atoms with Crippen LogP contribution in [0.4, 0.5) is 0 Å². The zero-order valence-electron chi connectivity index (χ0n) is 11.7. The van der Waals surface area contributed by atoms with Gasteiger partial charge in [-0.15, -0.1) is 0 Å². The van der Waals surface area contributed by atoms with Crippen molar-refractivity contribution in [1.29, 1.82) is 0 Å². The number of carboxylic acids is 1. The molecule has 1 aromatic carbocycles. The molecule has 1 N–H and O–H groups in total. The first-order valence-electron chi connectivity index (χ1n) is 6.61. The Morgan fingerprint density at radius 2 is 2.10 bits per heavy atom. The van der Waals surface area contributed by atoms with Crippen molar-refractivity contribution in [3.8, 4) is 0 Å². The Balaban J connectivity index is 2.15. The van der Waals surface area contributed by atoms with E-state index in [1.54, 1.807) is 6.20 Å². The molecular weight excluding hydrogens is 254 g/mol. The Hall–Kier alpha value is -2.14. The first-order valence-corrected chi connectivity index (χ1v) is 6.61. The van der Waals surface area contributed by atoms with Gasteiger partial charge in [-0.05, 0) is 19.5 Å². The number of benzene rings is 1. The summed E-state index contributed by atoms with van der Waals surface area (Å²) < 4.78 is 1.83. The van der Waals surface area contributed by atoms with Crippen LogP contribution < -0.4 is 0 Å².